The monoisotopic (exact) mass is 181 g/mol. The Morgan fingerprint density at radius 2 is 2.38 bits per heavy atom. The number of hydrogen-bond donors (Lipinski definition) is 2. The van der Waals surface area contributed by atoms with Crippen LogP contribution in [-0.2, 0) is 11.3 Å². The first-order valence-electron chi connectivity index (χ1n) is 3.93. The Morgan fingerprint density at radius 3 is 3.08 bits per heavy atom. The Kier molecular flexibility index (Phi) is 1.77. The highest BCUT2D eigenvalue weighted by Gasteiger charge is 2.30. The zero-order valence-electron chi connectivity index (χ0n) is 6.75. The van der Waals surface area contributed by atoms with E-state index in [0.717, 1.165) is 5.56 Å². The molecule has 4 heteroatoms. The van der Waals surface area contributed by atoms with Gasteiger partial charge in [0.2, 0.25) is 0 Å². The minimum atomic E-state index is -1.04. The van der Waals surface area contributed by atoms with Crippen LogP contribution < -0.4 is 5.32 Å². The molecule has 1 atom stereocenters. The average Bonchev–Trinajstić information content (AvgIpc) is 2.49. The maximum atomic E-state index is 13.2. The van der Waals surface area contributed by atoms with Crippen LogP contribution in [0.1, 0.15) is 17.2 Å². The second-order valence-electron chi connectivity index (χ2n) is 2.96. The van der Waals surface area contributed by atoms with Gasteiger partial charge in [-0.05, 0) is 11.6 Å². The van der Waals surface area contributed by atoms with Crippen molar-refractivity contribution in [2.24, 2.45) is 0 Å². The summed E-state index contributed by atoms with van der Waals surface area (Å²) in [4.78, 5) is 10.7. The summed E-state index contributed by atoms with van der Waals surface area (Å²) in [6.45, 7) is 0.421. The van der Waals surface area contributed by atoms with Gasteiger partial charge in [0.1, 0.15) is 11.9 Å². The van der Waals surface area contributed by atoms with Crippen LogP contribution in [0.3, 0.4) is 0 Å². The van der Waals surface area contributed by atoms with E-state index in [2.05, 4.69) is 5.32 Å². The van der Waals surface area contributed by atoms with Crippen molar-refractivity contribution in [1.29, 1.82) is 0 Å². The van der Waals surface area contributed by atoms with Crippen molar-refractivity contribution in [2.45, 2.75) is 12.6 Å². The van der Waals surface area contributed by atoms with Gasteiger partial charge in [-0.3, -0.25) is 10.1 Å². The molecule has 0 amide bonds. The van der Waals surface area contributed by atoms with E-state index in [0.29, 0.717) is 6.54 Å². The summed E-state index contributed by atoms with van der Waals surface area (Å²) in [6, 6.07) is 3.70. The summed E-state index contributed by atoms with van der Waals surface area (Å²) >= 11 is 0. The van der Waals surface area contributed by atoms with E-state index in [-0.39, 0.29) is 5.56 Å². The molecule has 2 N–H and O–H groups in total. The number of carboxylic acid groups (broad SMARTS) is 1. The van der Waals surface area contributed by atoms with Crippen LogP contribution in [0.25, 0.3) is 0 Å². The molecule has 1 unspecified atom stereocenters. The molecule has 1 aromatic carbocycles. The number of carboxylic acids is 1. The van der Waals surface area contributed by atoms with Crippen molar-refractivity contribution in [1.82, 2.24) is 5.32 Å². The lowest BCUT2D eigenvalue weighted by atomic mass is 10.0. The first kappa shape index (κ1) is 8.19. The van der Waals surface area contributed by atoms with Crippen molar-refractivity contribution in [3.05, 3.63) is 35.1 Å². The molecule has 1 aliphatic rings. The molecule has 3 nitrogen and oxygen atoms in total. The number of carbonyl (C=O) groups is 1. The molecule has 0 saturated carbocycles. The van der Waals surface area contributed by atoms with Gasteiger partial charge in [0.15, 0.2) is 0 Å². The van der Waals surface area contributed by atoms with Crippen LogP contribution in [0.5, 0.6) is 0 Å². The molecule has 0 radical (unpaired) electrons. The Balaban J connectivity index is 2.52. The number of benzene rings is 1. The van der Waals surface area contributed by atoms with Crippen LogP contribution in [0.15, 0.2) is 18.2 Å². The first-order valence-corrected chi connectivity index (χ1v) is 3.93. The fourth-order valence-electron chi connectivity index (χ4n) is 1.58. The van der Waals surface area contributed by atoms with Crippen LogP contribution >= 0.6 is 0 Å². The third kappa shape index (κ3) is 1.19. The third-order valence-corrected chi connectivity index (χ3v) is 2.18. The van der Waals surface area contributed by atoms with Crippen molar-refractivity contribution in [3.63, 3.8) is 0 Å². The van der Waals surface area contributed by atoms with Gasteiger partial charge >= 0.3 is 5.97 Å². The van der Waals surface area contributed by atoms with E-state index in [1.807, 2.05) is 0 Å². The number of hydrogen-bond acceptors (Lipinski definition) is 2. The highest BCUT2D eigenvalue weighted by Crippen LogP contribution is 2.27. The van der Waals surface area contributed by atoms with E-state index in [1.54, 1.807) is 12.1 Å². The maximum Gasteiger partial charge on any atom is 0.325 e. The maximum absolute atomic E-state index is 13.2. The fourth-order valence-corrected chi connectivity index (χ4v) is 1.58. The highest BCUT2D eigenvalue weighted by atomic mass is 19.1. The summed E-state index contributed by atoms with van der Waals surface area (Å²) in [5.74, 6) is -1.49. The van der Waals surface area contributed by atoms with Crippen LogP contribution in [0, 0.1) is 5.82 Å². The predicted molar refractivity (Wildman–Crippen MR) is 43.6 cm³/mol. The van der Waals surface area contributed by atoms with E-state index in [1.165, 1.54) is 6.07 Å². The lowest BCUT2D eigenvalue weighted by Crippen LogP contribution is -2.21. The second kappa shape index (κ2) is 2.81. The molecule has 13 heavy (non-hydrogen) atoms. The number of rotatable bonds is 1. The lowest BCUT2D eigenvalue weighted by molar-refractivity contribution is -0.139. The molecule has 1 aromatic rings. The van der Waals surface area contributed by atoms with Gasteiger partial charge in [0.25, 0.3) is 0 Å². The topological polar surface area (TPSA) is 49.3 Å². The van der Waals surface area contributed by atoms with E-state index in [4.69, 9.17) is 5.11 Å². The smallest absolute Gasteiger partial charge is 0.325 e. The van der Waals surface area contributed by atoms with Crippen molar-refractivity contribution in [2.75, 3.05) is 0 Å². The zero-order chi connectivity index (χ0) is 9.42. The number of nitrogens with one attached hydrogen (secondary N) is 1. The molecule has 0 aliphatic carbocycles. The molecule has 1 heterocycles. The molecule has 68 valence electrons. The number of aliphatic carboxylic acids is 1. The SMILES string of the molecule is O=C(O)C1NCc2cccc(F)c21. The summed E-state index contributed by atoms with van der Waals surface area (Å²) in [5.41, 5.74) is 1.00. The quantitative estimate of drug-likeness (QED) is 0.680. The van der Waals surface area contributed by atoms with E-state index < -0.39 is 17.8 Å². The summed E-state index contributed by atoms with van der Waals surface area (Å²) in [6.07, 6.45) is 0. The number of fused-ring (bicyclic) bond motifs is 1. The summed E-state index contributed by atoms with van der Waals surface area (Å²) in [7, 11) is 0. The van der Waals surface area contributed by atoms with Gasteiger partial charge < -0.3 is 5.11 Å². The standard InChI is InChI=1S/C9H8FNO2/c10-6-3-1-2-5-4-11-8(7(5)6)9(12)13/h1-3,8,11H,4H2,(H,12,13). The molecule has 2 rings (SSSR count). The molecule has 0 saturated heterocycles. The Bertz CT molecular complexity index is 365. The van der Waals surface area contributed by atoms with E-state index >= 15 is 0 Å². The van der Waals surface area contributed by atoms with Gasteiger partial charge in [0.05, 0.1) is 0 Å². The lowest BCUT2D eigenvalue weighted by Gasteiger charge is -2.06. The Morgan fingerprint density at radius 1 is 1.62 bits per heavy atom. The molecule has 0 fully saturated rings. The fraction of sp³-hybridized carbons (Fsp3) is 0.222. The zero-order valence-corrected chi connectivity index (χ0v) is 6.75. The Hall–Kier alpha value is -1.42. The normalized spacial score (nSPS) is 19.9. The summed E-state index contributed by atoms with van der Waals surface area (Å²) < 4.78 is 13.2. The van der Waals surface area contributed by atoms with Gasteiger partial charge in [-0.1, -0.05) is 12.1 Å². The van der Waals surface area contributed by atoms with Crippen LogP contribution in [-0.4, -0.2) is 11.1 Å². The molecule has 1 aliphatic heterocycles. The van der Waals surface area contributed by atoms with E-state index in [9.17, 15) is 9.18 Å². The molecular weight excluding hydrogens is 173 g/mol. The highest BCUT2D eigenvalue weighted by molar-refractivity contribution is 5.77. The van der Waals surface area contributed by atoms with Crippen molar-refractivity contribution >= 4 is 5.97 Å². The van der Waals surface area contributed by atoms with Gasteiger partial charge in [-0.2, -0.15) is 0 Å². The third-order valence-electron chi connectivity index (χ3n) is 2.18. The minimum Gasteiger partial charge on any atom is -0.480 e. The Labute approximate surface area is 74.2 Å². The van der Waals surface area contributed by atoms with Gasteiger partial charge in [-0.25, -0.2) is 4.39 Å². The van der Waals surface area contributed by atoms with Crippen molar-refractivity contribution in [3.8, 4) is 0 Å². The second-order valence-corrected chi connectivity index (χ2v) is 2.96. The molecular formula is C9H8FNO2. The molecule has 0 aromatic heterocycles. The predicted octanol–water partition coefficient (Wildman–Crippen LogP) is 1.05. The van der Waals surface area contributed by atoms with Crippen molar-refractivity contribution < 1.29 is 14.3 Å². The molecule has 0 bridgehead atoms. The molecule has 0 spiro atoms. The average molecular weight is 181 g/mol. The van der Waals surface area contributed by atoms with Gasteiger partial charge in [0, 0.05) is 12.1 Å². The largest absolute Gasteiger partial charge is 0.480 e. The summed E-state index contributed by atoms with van der Waals surface area (Å²) in [5, 5.41) is 11.5. The van der Waals surface area contributed by atoms with Crippen LogP contribution in [0.2, 0.25) is 0 Å². The first-order chi connectivity index (χ1) is 6.20. The number of halogens is 1. The van der Waals surface area contributed by atoms with Crippen LogP contribution in [0.4, 0.5) is 4.39 Å². The van der Waals surface area contributed by atoms with Gasteiger partial charge in [-0.15, -0.1) is 0 Å². The minimum absolute atomic E-state index is 0.273.